The molecule has 0 saturated carbocycles. The summed E-state index contributed by atoms with van der Waals surface area (Å²) in [5.41, 5.74) is 6.47. The van der Waals surface area contributed by atoms with Gasteiger partial charge in [0.1, 0.15) is 0 Å². The summed E-state index contributed by atoms with van der Waals surface area (Å²) in [5.74, 6) is -1.18. The second-order valence-electron chi connectivity index (χ2n) is 4.45. The van der Waals surface area contributed by atoms with E-state index in [4.69, 9.17) is 5.73 Å². The molecule has 1 nitrogen and oxygen atoms in total. The molecule has 2 rings (SSSR count). The van der Waals surface area contributed by atoms with Gasteiger partial charge in [-0.15, -0.1) is 11.8 Å². The summed E-state index contributed by atoms with van der Waals surface area (Å²) in [6.07, 6.45) is 0. The van der Waals surface area contributed by atoms with Crippen molar-refractivity contribution in [2.45, 2.75) is 17.9 Å². The Labute approximate surface area is 129 Å². The molecule has 20 heavy (non-hydrogen) atoms. The van der Waals surface area contributed by atoms with Crippen LogP contribution in [0.25, 0.3) is 0 Å². The molecule has 5 heteroatoms. The zero-order valence-corrected chi connectivity index (χ0v) is 13.3. The molecule has 0 amide bonds. The van der Waals surface area contributed by atoms with E-state index in [9.17, 15) is 8.78 Å². The van der Waals surface area contributed by atoms with E-state index in [1.54, 1.807) is 12.1 Å². The maximum absolute atomic E-state index is 13.8. The van der Waals surface area contributed by atoms with E-state index in [1.165, 1.54) is 18.7 Å². The van der Waals surface area contributed by atoms with Gasteiger partial charge in [-0.1, -0.05) is 24.3 Å². The van der Waals surface area contributed by atoms with Gasteiger partial charge in [-0.05, 0) is 40.5 Å². The Morgan fingerprint density at radius 1 is 1.15 bits per heavy atom. The lowest BCUT2D eigenvalue weighted by molar-refractivity contribution is 0.488. The van der Waals surface area contributed by atoms with Gasteiger partial charge >= 0.3 is 0 Å². The minimum absolute atomic E-state index is 0.215. The summed E-state index contributed by atoms with van der Waals surface area (Å²) >= 11 is 4.95. The standard InChI is InChI=1S/C15H14BrF2NS/c1-9-6-7-10(15(18)14(9)17)12(19)8-20-13-5-3-2-4-11(13)16/h2-7,12H,8,19H2,1H3. The fraction of sp³-hybridized carbons (Fsp3) is 0.200. The summed E-state index contributed by atoms with van der Waals surface area (Å²) < 4.78 is 28.3. The minimum Gasteiger partial charge on any atom is -0.323 e. The lowest BCUT2D eigenvalue weighted by Gasteiger charge is -2.14. The van der Waals surface area contributed by atoms with Crippen LogP contribution in [-0.4, -0.2) is 5.75 Å². The van der Waals surface area contributed by atoms with E-state index < -0.39 is 17.7 Å². The highest BCUT2D eigenvalue weighted by atomic mass is 79.9. The van der Waals surface area contributed by atoms with Crippen LogP contribution in [0.1, 0.15) is 17.2 Å². The van der Waals surface area contributed by atoms with Crippen LogP contribution in [0.5, 0.6) is 0 Å². The summed E-state index contributed by atoms with van der Waals surface area (Å²) in [4.78, 5) is 1.02. The Hall–Kier alpha value is -0.910. The van der Waals surface area contributed by atoms with Gasteiger partial charge in [-0.25, -0.2) is 8.78 Å². The predicted molar refractivity (Wildman–Crippen MR) is 82.9 cm³/mol. The molecular formula is C15H14BrF2NS. The summed E-state index contributed by atoms with van der Waals surface area (Å²) in [6, 6.07) is 10.3. The summed E-state index contributed by atoms with van der Waals surface area (Å²) in [5, 5.41) is 0. The fourth-order valence-electron chi connectivity index (χ4n) is 1.78. The fourth-order valence-corrected chi connectivity index (χ4v) is 3.33. The molecule has 0 saturated heterocycles. The number of halogens is 3. The first-order valence-electron chi connectivity index (χ1n) is 6.08. The zero-order valence-electron chi connectivity index (χ0n) is 10.9. The average molecular weight is 358 g/mol. The number of aryl methyl sites for hydroxylation is 1. The molecule has 0 spiro atoms. The number of hydrogen-bond donors (Lipinski definition) is 1. The SMILES string of the molecule is Cc1ccc(C(N)CSc2ccccc2Br)c(F)c1F. The Bertz CT molecular complexity index is 619. The predicted octanol–water partition coefficient (Wildman–Crippen LogP) is 4.83. The third-order valence-corrected chi connectivity index (χ3v) is 5.11. The highest BCUT2D eigenvalue weighted by Gasteiger charge is 2.17. The maximum atomic E-state index is 13.8. The lowest BCUT2D eigenvalue weighted by atomic mass is 10.1. The van der Waals surface area contributed by atoms with Crippen LogP contribution in [0.15, 0.2) is 45.8 Å². The molecule has 0 bridgehead atoms. The van der Waals surface area contributed by atoms with Crippen molar-refractivity contribution in [2.75, 3.05) is 5.75 Å². The second-order valence-corrected chi connectivity index (χ2v) is 6.36. The topological polar surface area (TPSA) is 26.0 Å². The molecule has 2 N–H and O–H groups in total. The van der Waals surface area contributed by atoms with Crippen molar-refractivity contribution < 1.29 is 8.78 Å². The van der Waals surface area contributed by atoms with Crippen LogP contribution in [0.2, 0.25) is 0 Å². The van der Waals surface area contributed by atoms with Crippen molar-refractivity contribution in [3.63, 3.8) is 0 Å². The van der Waals surface area contributed by atoms with Crippen molar-refractivity contribution in [1.29, 1.82) is 0 Å². The monoisotopic (exact) mass is 357 g/mol. The van der Waals surface area contributed by atoms with E-state index >= 15 is 0 Å². The molecule has 0 aromatic heterocycles. The lowest BCUT2D eigenvalue weighted by Crippen LogP contribution is -2.16. The van der Waals surface area contributed by atoms with Gasteiger partial charge in [0.15, 0.2) is 11.6 Å². The summed E-state index contributed by atoms with van der Waals surface area (Å²) in [7, 11) is 0. The third kappa shape index (κ3) is 3.40. The van der Waals surface area contributed by atoms with Gasteiger partial charge in [0.2, 0.25) is 0 Å². The van der Waals surface area contributed by atoms with Crippen molar-refractivity contribution in [3.05, 3.63) is 63.6 Å². The first-order valence-corrected chi connectivity index (χ1v) is 7.86. The van der Waals surface area contributed by atoms with E-state index in [1.807, 2.05) is 24.3 Å². The van der Waals surface area contributed by atoms with Crippen LogP contribution in [0, 0.1) is 18.6 Å². The first-order chi connectivity index (χ1) is 9.50. The first kappa shape index (κ1) is 15.5. The number of nitrogens with two attached hydrogens (primary N) is 1. The van der Waals surface area contributed by atoms with Crippen LogP contribution >= 0.6 is 27.7 Å². The van der Waals surface area contributed by atoms with Crippen molar-refractivity contribution >= 4 is 27.7 Å². The van der Waals surface area contributed by atoms with E-state index in [0.29, 0.717) is 5.75 Å². The quantitative estimate of drug-likeness (QED) is 0.793. The third-order valence-electron chi connectivity index (χ3n) is 2.96. The maximum Gasteiger partial charge on any atom is 0.163 e. The Morgan fingerprint density at radius 2 is 1.85 bits per heavy atom. The van der Waals surface area contributed by atoms with Gasteiger partial charge in [-0.3, -0.25) is 0 Å². The largest absolute Gasteiger partial charge is 0.323 e. The smallest absolute Gasteiger partial charge is 0.163 e. The van der Waals surface area contributed by atoms with E-state index in [-0.39, 0.29) is 11.1 Å². The normalized spacial score (nSPS) is 12.4. The highest BCUT2D eigenvalue weighted by molar-refractivity contribution is 9.10. The van der Waals surface area contributed by atoms with Crippen LogP contribution in [0.4, 0.5) is 8.78 Å². The molecule has 0 fully saturated rings. The van der Waals surface area contributed by atoms with Crippen molar-refractivity contribution in [2.24, 2.45) is 5.73 Å². The van der Waals surface area contributed by atoms with Crippen molar-refractivity contribution in [3.8, 4) is 0 Å². The molecule has 0 aliphatic carbocycles. The van der Waals surface area contributed by atoms with Gasteiger partial charge in [0.25, 0.3) is 0 Å². The molecule has 0 heterocycles. The summed E-state index contributed by atoms with van der Waals surface area (Å²) in [6.45, 7) is 1.53. The van der Waals surface area contributed by atoms with Gasteiger partial charge < -0.3 is 5.73 Å². The molecular weight excluding hydrogens is 344 g/mol. The minimum atomic E-state index is -0.842. The van der Waals surface area contributed by atoms with E-state index in [2.05, 4.69) is 15.9 Å². The molecule has 0 aliphatic heterocycles. The van der Waals surface area contributed by atoms with Gasteiger partial charge in [0, 0.05) is 26.7 Å². The molecule has 0 radical (unpaired) electrons. The van der Waals surface area contributed by atoms with Crippen LogP contribution in [-0.2, 0) is 0 Å². The Morgan fingerprint density at radius 3 is 2.55 bits per heavy atom. The molecule has 106 valence electrons. The molecule has 1 atom stereocenters. The number of benzene rings is 2. The van der Waals surface area contributed by atoms with Crippen molar-refractivity contribution in [1.82, 2.24) is 0 Å². The van der Waals surface area contributed by atoms with Gasteiger partial charge in [-0.2, -0.15) is 0 Å². The van der Waals surface area contributed by atoms with Crippen LogP contribution < -0.4 is 5.73 Å². The molecule has 0 aliphatic rings. The van der Waals surface area contributed by atoms with E-state index in [0.717, 1.165) is 9.37 Å². The number of hydrogen-bond acceptors (Lipinski definition) is 2. The second kappa shape index (κ2) is 6.70. The highest BCUT2D eigenvalue weighted by Crippen LogP contribution is 2.30. The Kier molecular flexibility index (Phi) is 5.18. The number of rotatable bonds is 4. The van der Waals surface area contributed by atoms with Crippen LogP contribution in [0.3, 0.4) is 0 Å². The molecule has 1 unspecified atom stereocenters. The average Bonchev–Trinajstić information content (AvgIpc) is 2.44. The number of thioether (sulfide) groups is 1. The molecule has 2 aromatic rings. The molecule has 2 aromatic carbocycles. The Balaban J connectivity index is 2.11. The van der Waals surface area contributed by atoms with Gasteiger partial charge in [0.05, 0.1) is 0 Å². The zero-order chi connectivity index (χ0) is 14.7.